The summed E-state index contributed by atoms with van der Waals surface area (Å²) in [4.78, 5) is 18.6. The molecule has 1 fully saturated rings. The highest BCUT2D eigenvalue weighted by atomic mass is 32.1. The first-order chi connectivity index (χ1) is 11.5. The molecular weight excluding hydrogens is 324 g/mol. The van der Waals surface area contributed by atoms with Gasteiger partial charge in [-0.3, -0.25) is 4.79 Å². The number of hydrogen-bond acceptors (Lipinski definition) is 5. The maximum atomic E-state index is 12.1. The minimum atomic E-state index is 0.135. The average molecular weight is 348 g/mol. The van der Waals surface area contributed by atoms with Crippen LogP contribution in [0.15, 0.2) is 18.2 Å². The average Bonchev–Trinajstić information content (AvgIpc) is 2.96. The van der Waals surface area contributed by atoms with Crippen LogP contribution in [0.25, 0.3) is 10.2 Å². The number of methoxy groups -OCH3 is 1. The Hall–Kier alpha value is -1.82. The summed E-state index contributed by atoms with van der Waals surface area (Å²) in [5.74, 6) is 1.50. The maximum Gasteiger partial charge on any atom is 0.274 e. The summed E-state index contributed by atoms with van der Waals surface area (Å²) in [6.45, 7) is 5.70. The van der Waals surface area contributed by atoms with E-state index in [-0.39, 0.29) is 12.0 Å². The molecule has 0 spiro atoms. The molecule has 0 aliphatic carbocycles. The smallest absolute Gasteiger partial charge is 0.274 e. The number of carbonyl (C=O) groups is 1. The molecule has 1 aromatic carbocycles. The number of amides is 1. The van der Waals surface area contributed by atoms with E-state index in [1.165, 1.54) is 0 Å². The number of rotatable bonds is 5. The number of piperidine rings is 1. The first kappa shape index (κ1) is 17.0. The van der Waals surface area contributed by atoms with Gasteiger partial charge in [-0.05, 0) is 24.1 Å². The lowest BCUT2D eigenvalue weighted by atomic mass is 10.1. The zero-order valence-electron chi connectivity index (χ0n) is 14.4. The minimum Gasteiger partial charge on any atom is -0.497 e. The minimum absolute atomic E-state index is 0.135. The van der Waals surface area contributed by atoms with Gasteiger partial charge in [0.15, 0.2) is 0 Å². The van der Waals surface area contributed by atoms with Gasteiger partial charge < -0.3 is 14.4 Å². The van der Waals surface area contributed by atoms with Crippen molar-refractivity contribution in [3.05, 3.63) is 18.2 Å². The standard InChI is InChI=1S/C18H24N2O3S/c1-12(2)10-17(21)20-8-6-13(7-9-20)23-18-19-15-5-4-14(22-3)11-16(15)24-18/h4-5,11-13H,6-10H2,1-3H3. The van der Waals surface area contributed by atoms with E-state index in [1.807, 2.05) is 23.1 Å². The number of aromatic nitrogens is 1. The molecule has 6 heteroatoms. The first-order valence-electron chi connectivity index (χ1n) is 8.44. The second-order valence-electron chi connectivity index (χ2n) is 6.61. The van der Waals surface area contributed by atoms with Crippen LogP contribution in [0.2, 0.25) is 0 Å². The van der Waals surface area contributed by atoms with Gasteiger partial charge in [-0.15, -0.1) is 0 Å². The van der Waals surface area contributed by atoms with Gasteiger partial charge in [0.05, 0.1) is 17.3 Å². The van der Waals surface area contributed by atoms with Crippen molar-refractivity contribution in [3.63, 3.8) is 0 Å². The van der Waals surface area contributed by atoms with Gasteiger partial charge in [0.2, 0.25) is 5.91 Å². The van der Waals surface area contributed by atoms with Crippen LogP contribution in [0.3, 0.4) is 0 Å². The van der Waals surface area contributed by atoms with E-state index < -0.39 is 0 Å². The van der Waals surface area contributed by atoms with Crippen LogP contribution in [0.1, 0.15) is 33.1 Å². The molecule has 1 amide bonds. The Morgan fingerprint density at radius 3 is 2.79 bits per heavy atom. The van der Waals surface area contributed by atoms with E-state index in [0.717, 1.165) is 41.9 Å². The fourth-order valence-electron chi connectivity index (χ4n) is 2.91. The molecule has 130 valence electrons. The van der Waals surface area contributed by atoms with Gasteiger partial charge >= 0.3 is 0 Å². The summed E-state index contributed by atoms with van der Waals surface area (Å²) in [6, 6.07) is 5.84. The lowest BCUT2D eigenvalue weighted by molar-refractivity contribution is -0.133. The zero-order valence-corrected chi connectivity index (χ0v) is 15.3. The largest absolute Gasteiger partial charge is 0.497 e. The summed E-state index contributed by atoms with van der Waals surface area (Å²) in [5.41, 5.74) is 0.931. The van der Waals surface area contributed by atoms with Crippen molar-refractivity contribution in [1.29, 1.82) is 0 Å². The molecule has 1 aliphatic rings. The van der Waals surface area contributed by atoms with E-state index in [4.69, 9.17) is 9.47 Å². The third-order valence-electron chi connectivity index (χ3n) is 4.22. The normalized spacial score (nSPS) is 15.9. The molecule has 0 N–H and O–H groups in total. The second kappa shape index (κ2) is 7.38. The third-order valence-corrected chi connectivity index (χ3v) is 5.13. The predicted octanol–water partition coefficient (Wildman–Crippen LogP) is 3.72. The molecule has 1 aromatic heterocycles. The first-order valence-corrected chi connectivity index (χ1v) is 9.26. The molecule has 2 aromatic rings. The van der Waals surface area contributed by atoms with E-state index in [9.17, 15) is 4.79 Å². The summed E-state index contributed by atoms with van der Waals surface area (Å²) < 4.78 is 12.4. The van der Waals surface area contributed by atoms with Gasteiger partial charge in [-0.25, -0.2) is 4.98 Å². The third kappa shape index (κ3) is 3.98. The molecule has 2 heterocycles. The molecular formula is C18H24N2O3S. The highest BCUT2D eigenvalue weighted by Crippen LogP contribution is 2.32. The van der Waals surface area contributed by atoms with Crippen molar-refractivity contribution in [2.24, 2.45) is 5.92 Å². The van der Waals surface area contributed by atoms with E-state index >= 15 is 0 Å². The van der Waals surface area contributed by atoms with Gasteiger partial charge in [-0.1, -0.05) is 25.2 Å². The van der Waals surface area contributed by atoms with E-state index in [0.29, 0.717) is 17.5 Å². The van der Waals surface area contributed by atoms with Crippen LogP contribution >= 0.6 is 11.3 Å². The zero-order chi connectivity index (χ0) is 17.1. The van der Waals surface area contributed by atoms with Crippen LogP contribution in [0.4, 0.5) is 0 Å². The van der Waals surface area contributed by atoms with Crippen molar-refractivity contribution < 1.29 is 14.3 Å². The fraction of sp³-hybridized carbons (Fsp3) is 0.556. The monoisotopic (exact) mass is 348 g/mol. The molecule has 1 saturated heterocycles. The molecule has 3 rings (SSSR count). The second-order valence-corrected chi connectivity index (χ2v) is 7.60. The molecule has 0 unspecified atom stereocenters. The number of likely N-dealkylation sites (tertiary alicyclic amines) is 1. The van der Waals surface area contributed by atoms with Gasteiger partial charge in [-0.2, -0.15) is 0 Å². The molecule has 0 radical (unpaired) electrons. The van der Waals surface area contributed by atoms with Crippen LogP contribution < -0.4 is 9.47 Å². The number of thiazole rings is 1. The lowest BCUT2D eigenvalue weighted by Crippen LogP contribution is -2.42. The quantitative estimate of drug-likeness (QED) is 0.826. The van der Waals surface area contributed by atoms with Crippen LogP contribution in [0.5, 0.6) is 10.9 Å². The number of carbonyl (C=O) groups excluding carboxylic acids is 1. The molecule has 5 nitrogen and oxygen atoms in total. The Labute approximate surface area is 146 Å². The number of fused-ring (bicyclic) bond motifs is 1. The van der Waals surface area contributed by atoms with Crippen LogP contribution in [-0.4, -0.2) is 42.1 Å². The Morgan fingerprint density at radius 2 is 2.12 bits per heavy atom. The highest BCUT2D eigenvalue weighted by Gasteiger charge is 2.25. The van der Waals surface area contributed by atoms with E-state index in [1.54, 1.807) is 18.4 Å². The van der Waals surface area contributed by atoms with Gasteiger partial charge in [0, 0.05) is 32.4 Å². The molecule has 24 heavy (non-hydrogen) atoms. The molecule has 1 aliphatic heterocycles. The van der Waals surface area contributed by atoms with E-state index in [2.05, 4.69) is 18.8 Å². The van der Waals surface area contributed by atoms with Gasteiger partial charge in [0.1, 0.15) is 11.9 Å². The summed E-state index contributed by atoms with van der Waals surface area (Å²) in [7, 11) is 1.66. The summed E-state index contributed by atoms with van der Waals surface area (Å²) in [5, 5.41) is 0.699. The van der Waals surface area contributed by atoms with Crippen molar-refractivity contribution >= 4 is 27.5 Å². The lowest BCUT2D eigenvalue weighted by Gasteiger charge is -2.32. The van der Waals surface area contributed by atoms with Crippen molar-refractivity contribution in [2.45, 2.75) is 39.2 Å². The van der Waals surface area contributed by atoms with Gasteiger partial charge in [0.25, 0.3) is 5.19 Å². The Bertz CT molecular complexity index is 705. The number of ether oxygens (including phenoxy) is 2. The SMILES string of the molecule is COc1ccc2nc(OC3CCN(C(=O)CC(C)C)CC3)sc2c1. The van der Waals surface area contributed by atoms with Crippen molar-refractivity contribution in [2.75, 3.05) is 20.2 Å². The summed E-state index contributed by atoms with van der Waals surface area (Å²) >= 11 is 1.54. The summed E-state index contributed by atoms with van der Waals surface area (Å²) in [6.07, 6.45) is 2.49. The Morgan fingerprint density at radius 1 is 1.38 bits per heavy atom. The molecule has 0 atom stereocenters. The van der Waals surface area contributed by atoms with Crippen LogP contribution in [-0.2, 0) is 4.79 Å². The Kier molecular flexibility index (Phi) is 5.23. The van der Waals surface area contributed by atoms with Crippen molar-refractivity contribution in [3.8, 4) is 10.9 Å². The number of hydrogen-bond donors (Lipinski definition) is 0. The molecule has 0 bridgehead atoms. The molecule has 0 saturated carbocycles. The maximum absolute atomic E-state index is 12.1. The number of benzene rings is 1. The van der Waals surface area contributed by atoms with Crippen molar-refractivity contribution in [1.82, 2.24) is 9.88 Å². The predicted molar refractivity (Wildman–Crippen MR) is 95.9 cm³/mol. The fourth-order valence-corrected chi connectivity index (χ4v) is 3.81. The highest BCUT2D eigenvalue weighted by molar-refractivity contribution is 7.20. The number of nitrogens with zero attached hydrogens (tertiary/aromatic N) is 2. The Balaban J connectivity index is 1.57. The van der Waals surface area contributed by atoms with Crippen LogP contribution in [0, 0.1) is 5.92 Å². The topological polar surface area (TPSA) is 51.7 Å².